The fourth-order valence-electron chi connectivity index (χ4n) is 2.57. The van der Waals surface area contributed by atoms with E-state index in [1.807, 2.05) is 18.2 Å². The summed E-state index contributed by atoms with van der Waals surface area (Å²) in [6.07, 6.45) is 9.35. The summed E-state index contributed by atoms with van der Waals surface area (Å²) in [5.41, 5.74) is 1.93. The van der Waals surface area contributed by atoms with Crippen LogP contribution in [0.25, 0.3) is 6.08 Å². The molecule has 26 heavy (non-hydrogen) atoms. The molecule has 0 spiro atoms. The van der Waals surface area contributed by atoms with E-state index in [1.165, 1.54) is 0 Å². The first-order valence-electron chi connectivity index (χ1n) is 8.41. The highest BCUT2D eigenvalue weighted by molar-refractivity contribution is 6.13. The first kappa shape index (κ1) is 17.8. The Morgan fingerprint density at radius 1 is 1.31 bits per heavy atom. The number of hydrogen-bond donors (Lipinski definition) is 1. The summed E-state index contributed by atoms with van der Waals surface area (Å²) >= 11 is 0. The lowest BCUT2D eigenvalue weighted by Gasteiger charge is -2.22. The Kier molecular flexibility index (Phi) is 5.76. The number of methoxy groups -OCH3 is 1. The Bertz CT molecular complexity index is 804. The Morgan fingerprint density at radius 2 is 2.12 bits per heavy atom. The molecule has 1 heterocycles. The van der Waals surface area contributed by atoms with Crippen LogP contribution in [-0.2, 0) is 14.3 Å². The molecule has 1 aliphatic heterocycles. The van der Waals surface area contributed by atoms with Crippen molar-refractivity contribution in [3.05, 3.63) is 65.5 Å². The summed E-state index contributed by atoms with van der Waals surface area (Å²) in [7, 11) is 1.63. The summed E-state index contributed by atoms with van der Waals surface area (Å²) in [6, 6.07) is 6.96. The van der Waals surface area contributed by atoms with E-state index in [1.54, 1.807) is 43.5 Å². The molecule has 0 saturated carbocycles. The zero-order valence-electron chi connectivity index (χ0n) is 14.5. The largest absolute Gasteiger partial charge is 0.474 e. The van der Waals surface area contributed by atoms with Crippen molar-refractivity contribution in [3.8, 4) is 0 Å². The highest BCUT2D eigenvalue weighted by Gasteiger charge is 2.26. The second-order valence-corrected chi connectivity index (χ2v) is 5.86. The van der Waals surface area contributed by atoms with Crippen molar-refractivity contribution in [2.24, 2.45) is 4.99 Å². The predicted molar refractivity (Wildman–Crippen MR) is 98.8 cm³/mol. The number of hydrogen-bond acceptors (Lipinski definition) is 4. The van der Waals surface area contributed by atoms with Crippen molar-refractivity contribution < 1.29 is 19.1 Å². The molecule has 1 aromatic carbocycles. The molecule has 0 aromatic heterocycles. The van der Waals surface area contributed by atoms with Gasteiger partial charge in [-0.1, -0.05) is 24.3 Å². The van der Waals surface area contributed by atoms with E-state index in [0.717, 1.165) is 12.0 Å². The first-order chi connectivity index (χ1) is 12.7. The quantitative estimate of drug-likeness (QED) is 0.629. The molecule has 0 radical (unpaired) electrons. The van der Waals surface area contributed by atoms with Gasteiger partial charge in [-0.25, -0.2) is 4.99 Å². The van der Waals surface area contributed by atoms with Crippen molar-refractivity contribution in [1.82, 2.24) is 5.32 Å². The molecule has 1 atom stereocenters. The van der Waals surface area contributed by atoms with Gasteiger partial charge in [-0.2, -0.15) is 0 Å². The predicted octanol–water partition coefficient (Wildman–Crippen LogP) is 2.29. The lowest BCUT2D eigenvalue weighted by atomic mass is 10.1. The topological polar surface area (TPSA) is 77.0 Å². The fourth-order valence-corrected chi connectivity index (χ4v) is 2.57. The van der Waals surface area contributed by atoms with Gasteiger partial charge in [0.2, 0.25) is 0 Å². The van der Waals surface area contributed by atoms with Gasteiger partial charge in [0.15, 0.2) is 11.9 Å². The van der Waals surface area contributed by atoms with E-state index < -0.39 is 5.91 Å². The van der Waals surface area contributed by atoms with E-state index in [9.17, 15) is 9.59 Å². The minimum atomic E-state index is -0.406. The fraction of sp³-hybridized carbons (Fsp3) is 0.250. The second kappa shape index (κ2) is 8.40. The Morgan fingerprint density at radius 3 is 2.88 bits per heavy atom. The molecular weight excluding hydrogens is 332 g/mol. The van der Waals surface area contributed by atoms with E-state index in [2.05, 4.69) is 10.3 Å². The van der Waals surface area contributed by atoms with Crippen LogP contribution in [0.1, 0.15) is 22.3 Å². The number of fused-ring (bicyclic) bond motifs is 1. The number of carbonyl (C=O) groups is 2. The smallest absolute Gasteiger partial charge is 0.312 e. The summed E-state index contributed by atoms with van der Waals surface area (Å²) in [5.74, 6) is -0.356. The molecule has 0 saturated heterocycles. The standard InChI is InChI=1S/C20H20N2O4/c1-25-12-4-11-21-19(23)15-9-7-14(8-10-15)13-18-20(24)22-16-5-2-3-6-17(16)26-18/h2-3,5-10,13,17H,4,11-12H2,1H3,(H,21,23)/b18-13-. The molecule has 1 N–H and O–H groups in total. The highest BCUT2D eigenvalue weighted by Crippen LogP contribution is 2.20. The van der Waals surface area contributed by atoms with Crippen LogP contribution >= 0.6 is 0 Å². The van der Waals surface area contributed by atoms with E-state index in [4.69, 9.17) is 9.47 Å². The number of benzene rings is 1. The van der Waals surface area contributed by atoms with Gasteiger partial charge in [-0.05, 0) is 42.3 Å². The van der Waals surface area contributed by atoms with E-state index >= 15 is 0 Å². The third-order valence-corrected chi connectivity index (χ3v) is 3.93. The summed E-state index contributed by atoms with van der Waals surface area (Å²) in [5, 5.41) is 2.83. The molecule has 6 nitrogen and oxygen atoms in total. The van der Waals surface area contributed by atoms with Crippen LogP contribution in [-0.4, -0.2) is 43.9 Å². The first-order valence-corrected chi connectivity index (χ1v) is 8.41. The monoisotopic (exact) mass is 352 g/mol. The van der Waals surface area contributed by atoms with Gasteiger partial charge in [-0.3, -0.25) is 9.59 Å². The van der Waals surface area contributed by atoms with Crippen LogP contribution < -0.4 is 5.32 Å². The van der Waals surface area contributed by atoms with Gasteiger partial charge in [0.05, 0.1) is 5.71 Å². The maximum absolute atomic E-state index is 12.1. The van der Waals surface area contributed by atoms with Crippen LogP contribution in [0.3, 0.4) is 0 Å². The van der Waals surface area contributed by atoms with Gasteiger partial charge in [0.1, 0.15) is 0 Å². The molecule has 1 aromatic rings. The summed E-state index contributed by atoms with van der Waals surface area (Å²) < 4.78 is 10.7. The Labute approximate surface area is 151 Å². The molecule has 134 valence electrons. The maximum atomic E-state index is 12.1. The van der Waals surface area contributed by atoms with Crippen molar-refractivity contribution in [2.45, 2.75) is 12.5 Å². The van der Waals surface area contributed by atoms with Crippen LogP contribution in [0.2, 0.25) is 0 Å². The molecule has 6 heteroatoms. The highest BCUT2D eigenvalue weighted by atomic mass is 16.5. The number of ether oxygens (including phenoxy) is 2. The number of amides is 2. The van der Waals surface area contributed by atoms with Gasteiger partial charge in [0.25, 0.3) is 5.91 Å². The zero-order valence-corrected chi connectivity index (χ0v) is 14.5. The van der Waals surface area contributed by atoms with Crippen molar-refractivity contribution >= 4 is 23.6 Å². The number of aliphatic imine (C=N–C) groups is 1. The minimum absolute atomic E-state index is 0.140. The van der Waals surface area contributed by atoms with Gasteiger partial charge >= 0.3 is 5.91 Å². The van der Waals surface area contributed by atoms with E-state index in [-0.39, 0.29) is 17.8 Å². The number of nitrogens with zero attached hydrogens (tertiary/aromatic N) is 1. The second-order valence-electron chi connectivity index (χ2n) is 5.86. The van der Waals surface area contributed by atoms with Crippen LogP contribution in [0.4, 0.5) is 0 Å². The maximum Gasteiger partial charge on any atom is 0.312 e. The molecule has 1 aliphatic carbocycles. The Hall–Kier alpha value is -2.99. The minimum Gasteiger partial charge on any atom is -0.474 e. The number of allylic oxidation sites excluding steroid dienone is 2. The van der Waals surface area contributed by atoms with Crippen molar-refractivity contribution in [3.63, 3.8) is 0 Å². The average molecular weight is 352 g/mol. The molecule has 0 fully saturated rings. The van der Waals surface area contributed by atoms with Gasteiger partial charge < -0.3 is 14.8 Å². The van der Waals surface area contributed by atoms with E-state index in [0.29, 0.717) is 24.4 Å². The van der Waals surface area contributed by atoms with Gasteiger partial charge in [-0.15, -0.1) is 0 Å². The SMILES string of the molecule is COCCCNC(=O)c1ccc(/C=C2\OC3C=CC=CC3=NC2=O)cc1. The summed E-state index contributed by atoms with van der Waals surface area (Å²) in [4.78, 5) is 28.2. The van der Waals surface area contributed by atoms with Crippen molar-refractivity contribution in [1.29, 1.82) is 0 Å². The van der Waals surface area contributed by atoms with Crippen LogP contribution in [0, 0.1) is 0 Å². The number of nitrogens with one attached hydrogen (secondary N) is 1. The third-order valence-electron chi connectivity index (χ3n) is 3.93. The molecule has 2 aliphatic rings. The number of rotatable bonds is 6. The third kappa shape index (κ3) is 4.34. The molecular formula is C20H20N2O4. The van der Waals surface area contributed by atoms with Crippen molar-refractivity contribution in [2.75, 3.05) is 20.3 Å². The molecule has 2 amide bonds. The van der Waals surface area contributed by atoms with Gasteiger partial charge in [0, 0.05) is 25.8 Å². The summed E-state index contributed by atoms with van der Waals surface area (Å²) in [6.45, 7) is 1.17. The molecule has 0 bridgehead atoms. The molecule has 1 unspecified atom stereocenters. The Balaban J connectivity index is 1.65. The zero-order chi connectivity index (χ0) is 18.4. The van der Waals surface area contributed by atoms with Crippen LogP contribution in [0.5, 0.6) is 0 Å². The number of carbonyl (C=O) groups excluding carboxylic acids is 2. The normalized spacial score (nSPS) is 19.7. The van der Waals surface area contributed by atoms with Crippen LogP contribution in [0.15, 0.2) is 59.3 Å². The average Bonchev–Trinajstić information content (AvgIpc) is 2.66. The lowest BCUT2D eigenvalue weighted by molar-refractivity contribution is -0.118. The molecule has 3 rings (SSSR count). The lowest BCUT2D eigenvalue weighted by Crippen LogP contribution is -2.29.